The lowest BCUT2D eigenvalue weighted by Crippen LogP contribution is -2.28. The number of nitrogens with one attached hydrogen (secondary N) is 4. The van der Waals surface area contributed by atoms with Crippen LogP contribution in [-0.2, 0) is 12.7 Å². The molecule has 130 valence electrons. The van der Waals surface area contributed by atoms with Gasteiger partial charge in [0.25, 0.3) is 0 Å². The molecule has 0 atom stereocenters. The summed E-state index contributed by atoms with van der Waals surface area (Å²) in [6.07, 6.45) is -4.39. The van der Waals surface area contributed by atoms with Crippen LogP contribution in [0.4, 0.5) is 23.7 Å². The van der Waals surface area contributed by atoms with Crippen molar-refractivity contribution in [3.8, 4) is 0 Å². The molecule has 1 heterocycles. The fourth-order valence-corrected chi connectivity index (χ4v) is 2.32. The van der Waals surface area contributed by atoms with Crippen molar-refractivity contribution in [2.24, 2.45) is 0 Å². The Kier molecular flexibility index (Phi) is 4.22. The third-order valence-electron chi connectivity index (χ3n) is 3.53. The SMILES string of the molecule is O=C(NCc1ccc(C(F)(F)F)cc1)Nc1cccc2[nH]c(=O)[nH]c12. The number of para-hydroxylation sites is 1. The minimum atomic E-state index is -4.39. The van der Waals surface area contributed by atoms with Gasteiger partial charge in [-0.15, -0.1) is 0 Å². The summed E-state index contributed by atoms with van der Waals surface area (Å²) in [4.78, 5) is 28.4. The van der Waals surface area contributed by atoms with Crippen LogP contribution >= 0.6 is 0 Å². The number of imidazole rings is 1. The number of aromatic nitrogens is 2. The van der Waals surface area contributed by atoms with E-state index in [9.17, 15) is 22.8 Å². The zero-order chi connectivity index (χ0) is 18.0. The molecule has 1 aromatic heterocycles. The van der Waals surface area contributed by atoms with Crippen LogP contribution in [-0.4, -0.2) is 16.0 Å². The number of alkyl halides is 3. The predicted molar refractivity (Wildman–Crippen MR) is 86.2 cm³/mol. The lowest BCUT2D eigenvalue weighted by molar-refractivity contribution is -0.137. The zero-order valence-corrected chi connectivity index (χ0v) is 12.7. The Labute approximate surface area is 139 Å². The van der Waals surface area contributed by atoms with Gasteiger partial charge < -0.3 is 20.6 Å². The van der Waals surface area contributed by atoms with Gasteiger partial charge in [-0.3, -0.25) is 0 Å². The van der Waals surface area contributed by atoms with Gasteiger partial charge in [0.2, 0.25) is 0 Å². The molecule has 0 fully saturated rings. The molecule has 0 bridgehead atoms. The van der Waals surface area contributed by atoms with E-state index in [1.165, 1.54) is 12.1 Å². The lowest BCUT2D eigenvalue weighted by Gasteiger charge is -2.10. The minimum Gasteiger partial charge on any atom is -0.334 e. The molecule has 3 aromatic rings. The smallest absolute Gasteiger partial charge is 0.334 e. The summed E-state index contributed by atoms with van der Waals surface area (Å²) in [7, 11) is 0. The molecule has 0 aliphatic heterocycles. The van der Waals surface area contributed by atoms with Crippen LogP contribution in [0.2, 0.25) is 0 Å². The summed E-state index contributed by atoms with van der Waals surface area (Å²) in [6.45, 7) is 0.0591. The van der Waals surface area contributed by atoms with E-state index in [4.69, 9.17) is 0 Å². The number of fused-ring (bicyclic) bond motifs is 1. The average Bonchev–Trinajstić information content (AvgIpc) is 2.94. The molecule has 0 spiro atoms. The Morgan fingerprint density at radius 3 is 2.44 bits per heavy atom. The van der Waals surface area contributed by atoms with Crippen LogP contribution in [0.1, 0.15) is 11.1 Å². The Morgan fingerprint density at radius 1 is 1.04 bits per heavy atom. The average molecular weight is 350 g/mol. The standard InChI is InChI=1S/C16H13F3N4O2/c17-16(18,19)10-6-4-9(5-7-10)8-20-14(24)21-11-2-1-3-12-13(11)23-15(25)22-12/h1-7H,8H2,(H2,20,21,24)(H2,22,23,25). The molecule has 3 rings (SSSR count). The van der Waals surface area contributed by atoms with E-state index in [0.717, 1.165) is 12.1 Å². The Balaban J connectivity index is 1.64. The van der Waals surface area contributed by atoms with Gasteiger partial charge in [0, 0.05) is 6.54 Å². The first kappa shape index (κ1) is 16.6. The highest BCUT2D eigenvalue weighted by Gasteiger charge is 2.29. The van der Waals surface area contributed by atoms with Crippen molar-refractivity contribution in [2.75, 3.05) is 5.32 Å². The Morgan fingerprint density at radius 2 is 1.76 bits per heavy atom. The third kappa shape index (κ3) is 3.82. The molecule has 0 aliphatic rings. The second kappa shape index (κ2) is 6.34. The third-order valence-corrected chi connectivity index (χ3v) is 3.53. The summed E-state index contributed by atoms with van der Waals surface area (Å²) in [5.41, 5.74) is 0.790. The van der Waals surface area contributed by atoms with E-state index in [1.807, 2.05) is 0 Å². The normalized spacial score (nSPS) is 11.5. The zero-order valence-electron chi connectivity index (χ0n) is 12.7. The maximum Gasteiger partial charge on any atom is 0.416 e. The quantitative estimate of drug-likeness (QED) is 0.584. The van der Waals surface area contributed by atoms with Crippen LogP contribution in [0.15, 0.2) is 47.3 Å². The molecular formula is C16H13F3N4O2. The molecule has 0 unspecified atom stereocenters. The van der Waals surface area contributed by atoms with Gasteiger partial charge in [-0.2, -0.15) is 13.2 Å². The molecule has 0 saturated carbocycles. The first-order valence-corrected chi connectivity index (χ1v) is 7.25. The molecule has 9 heteroatoms. The van der Waals surface area contributed by atoms with E-state index in [-0.39, 0.29) is 6.54 Å². The number of anilines is 1. The predicted octanol–water partition coefficient (Wildman–Crippen LogP) is 3.20. The number of carbonyl (C=O) groups excluding carboxylic acids is 1. The second-order valence-electron chi connectivity index (χ2n) is 5.31. The monoisotopic (exact) mass is 350 g/mol. The highest BCUT2D eigenvalue weighted by Crippen LogP contribution is 2.29. The summed E-state index contributed by atoms with van der Waals surface area (Å²) < 4.78 is 37.5. The largest absolute Gasteiger partial charge is 0.416 e. The molecule has 6 nitrogen and oxygen atoms in total. The van der Waals surface area contributed by atoms with Crippen molar-refractivity contribution in [1.29, 1.82) is 0 Å². The second-order valence-corrected chi connectivity index (χ2v) is 5.31. The molecule has 0 aliphatic carbocycles. The number of amides is 2. The lowest BCUT2D eigenvalue weighted by atomic mass is 10.1. The number of aromatic amines is 2. The molecule has 0 saturated heterocycles. The van der Waals surface area contributed by atoms with E-state index in [1.54, 1.807) is 18.2 Å². The Bertz CT molecular complexity index is 958. The van der Waals surface area contributed by atoms with Crippen molar-refractivity contribution < 1.29 is 18.0 Å². The number of urea groups is 1. The van der Waals surface area contributed by atoms with Crippen LogP contribution < -0.4 is 16.3 Å². The number of carbonyl (C=O) groups is 1. The molecule has 2 amide bonds. The molecule has 4 N–H and O–H groups in total. The minimum absolute atomic E-state index is 0.0591. The number of hydrogen-bond acceptors (Lipinski definition) is 2. The van der Waals surface area contributed by atoms with Crippen molar-refractivity contribution in [1.82, 2.24) is 15.3 Å². The number of rotatable bonds is 3. The maximum atomic E-state index is 12.5. The topological polar surface area (TPSA) is 89.8 Å². The number of benzene rings is 2. The summed E-state index contributed by atoms with van der Waals surface area (Å²) in [5, 5.41) is 5.13. The van der Waals surface area contributed by atoms with Crippen LogP contribution in [0, 0.1) is 0 Å². The van der Waals surface area contributed by atoms with Crippen molar-refractivity contribution >= 4 is 22.8 Å². The van der Waals surface area contributed by atoms with E-state index < -0.39 is 23.5 Å². The summed E-state index contributed by atoms with van der Waals surface area (Å²) >= 11 is 0. The number of H-pyrrole nitrogens is 2. The van der Waals surface area contributed by atoms with Gasteiger partial charge in [0.05, 0.1) is 22.3 Å². The van der Waals surface area contributed by atoms with Gasteiger partial charge in [-0.25, -0.2) is 9.59 Å². The van der Waals surface area contributed by atoms with E-state index in [2.05, 4.69) is 20.6 Å². The molecule has 2 aromatic carbocycles. The molecular weight excluding hydrogens is 337 g/mol. The summed E-state index contributed by atoms with van der Waals surface area (Å²) in [6, 6.07) is 8.93. The van der Waals surface area contributed by atoms with Crippen LogP contribution in [0.25, 0.3) is 11.0 Å². The van der Waals surface area contributed by atoms with Crippen molar-refractivity contribution in [3.05, 3.63) is 64.1 Å². The Hall–Kier alpha value is -3.23. The first-order valence-electron chi connectivity index (χ1n) is 7.25. The number of halogens is 3. The first-order chi connectivity index (χ1) is 11.8. The van der Waals surface area contributed by atoms with Gasteiger partial charge >= 0.3 is 17.9 Å². The molecule has 25 heavy (non-hydrogen) atoms. The van der Waals surface area contributed by atoms with Crippen LogP contribution in [0.3, 0.4) is 0 Å². The van der Waals surface area contributed by atoms with Crippen molar-refractivity contribution in [3.63, 3.8) is 0 Å². The van der Waals surface area contributed by atoms with Gasteiger partial charge in [0.1, 0.15) is 0 Å². The highest BCUT2D eigenvalue weighted by molar-refractivity contribution is 5.98. The fraction of sp³-hybridized carbons (Fsp3) is 0.125. The maximum absolute atomic E-state index is 12.5. The fourth-order valence-electron chi connectivity index (χ4n) is 2.32. The van der Waals surface area contributed by atoms with Crippen LogP contribution in [0.5, 0.6) is 0 Å². The van der Waals surface area contributed by atoms with E-state index >= 15 is 0 Å². The number of hydrogen-bond donors (Lipinski definition) is 4. The van der Waals surface area contributed by atoms with Gasteiger partial charge in [0.15, 0.2) is 0 Å². The van der Waals surface area contributed by atoms with Crippen molar-refractivity contribution in [2.45, 2.75) is 12.7 Å². The van der Waals surface area contributed by atoms with Gasteiger partial charge in [-0.1, -0.05) is 18.2 Å². The summed E-state index contributed by atoms with van der Waals surface area (Å²) in [5.74, 6) is 0. The highest BCUT2D eigenvalue weighted by atomic mass is 19.4. The van der Waals surface area contributed by atoms with Gasteiger partial charge in [-0.05, 0) is 29.8 Å². The van der Waals surface area contributed by atoms with E-state index in [0.29, 0.717) is 22.3 Å². The molecule has 0 radical (unpaired) electrons.